The molecule has 2 nitrogen and oxygen atoms in total. The largest absolute Gasteiger partial charge is 0.407 e. The molecular formula is C8H15F3N2. The van der Waals surface area contributed by atoms with Crippen LogP contribution in [0.2, 0.25) is 0 Å². The summed E-state index contributed by atoms with van der Waals surface area (Å²) in [4.78, 5) is 1.75. The number of alkyl halides is 3. The van der Waals surface area contributed by atoms with Gasteiger partial charge < -0.3 is 10.6 Å². The van der Waals surface area contributed by atoms with E-state index in [2.05, 4.69) is 0 Å². The number of halogens is 3. The second-order valence-corrected chi connectivity index (χ2v) is 3.63. The Morgan fingerprint density at radius 3 is 2.54 bits per heavy atom. The highest BCUT2D eigenvalue weighted by molar-refractivity contribution is 4.97. The summed E-state index contributed by atoms with van der Waals surface area (Å²) in [6.45, 7) is 3.15. The van der Waals surface area contributed by atoms with E-state index in [1.54, 1.807) is 4.90 Å². The fourth-order valence-electron chi connectivity index (χ4n) is 1.68. The second-order valence-electron chi connectivity index (χ2n) is 3.63. The van der Waals surface area contributed by atoms with Crippen LogP contribution < -0.4 is 5.73 Å². The number of nitrogens with two attached hydrogens (primary N) is 1. The molecule has 1 heterocycles. The van der Waals surface area contributed by atoms with Crippen molar-refractivity contribution in [1.29, 1.82) is 0 Å². The summed E-state index contributed by atoms with van der Waals surface area (Å²) < 4.78 is 37.5. The third kappa shape index (κ3) is 2.14. The van der Waals surface area contributed by atoms with Gasteiger partial charge in [-0.25, -0.2) is 0 Å². The number of rotatable bonds is 1. The summed E-state index contributed by atoms with van der Waals surface area (Å²) in [5.74, 6) is 0. The zero-order chi connectivity index (χ0) is 10.1. The van der Waals surface area contributed by atoms with Crippen LogP contribution in [0.5, 0.6) is 0 Å². The summed E-state index contributed by atoms with van der Waals surface area (Å²) in [5.41, 5.74) is 3.35. The molecule has 0 amide bonds. The third-order valence-corrected chi connectivity index (χ3v) is 2.61. The van der Waals surface area contributed by atoms with Gasteiger partial charge >= 0.3 is 6.18 Å². The molecule has 1 atom stereocenters. The molecule has 0 bridgehead atoms. The van der Waals surface area contributed by atoms with Crippen molar-refractivity contribution >= 4 is 0 Å². The molecule has 2 N–H and O–H groups in total. The maximum Gasteiger partial charge on any atom is 0.407 e. The summed E-state index contributed by atoms with van der Waals surface area (Å²) in [7, 11) is 0. The van der Waals surface area contributed by atoms with E-state index in [1.165, 1.54) is 0 Å². The first-order valence-corrected chi connectivity index (χ1v) is 4.47. The minimum atomic E-state index is -4.28. The van der Waals surface area contributed by atoms with Crippen LogP contribution in [0.3, 0.4) is 0 Å². The van der Waals surface area contributed by atoms with E-state index < -0.39 is 11.7 Å². The Hall–Kier alpha value is -0.290. The molecule has 0 saturated carbocycles. The monoisotopic (exact) mass is 196 g/mol. The van der Waals surface area contributed by atoms with Crippen LogP contribution in [-0.2, 0) is 0 Å². The van der Waals surface area contributed by atoms with Gasteiger partial charge in [0.15, 0.2) is 0 Å². The first-order valence-electron chi connectivity index (χ1n) is 4.47. The van der Waals surface area contributed by atoms with Gasteiger partial charge in [-0.2, -0.15) is 13.2 Å². The SMILES string of the molecule is CCN1CCCC(N)(C(F)(F)F)C1. The van der Waals surface area contributed by atoms with Crippen LogP contribution in [0.15, 0.2) is 0 Å². The third-order valence-electron chi connectivity index (χ3n) is 2.61. The van der Waals surface area contributed by atoms with Crippen LogP contribution in [0.25, 0.3) is 0 Å². The van der Waals surface area contributed by atoms with Gasteiger partial charge in [0.05, 0.1) is 0 Å². The Kier molecular flexibility index (Phi) is 2.87. The molecule has 5 heteroatoms. The molecule has 0 aromatic heterocycles. The van der Waals surface area contributed by atoms with E-state index >= 15 is 0 Å². The number of nitrogens with zero attached hydrogens (tertiary/aromatic N) is 1. The molecule has 1 saturated heterocycles. The maximum absolute atomic E-state index is 12.5. The molecule has 0 radical (unpaired) electrons. The average molecular weight is 196 g/mol. The molecule has 0 spiro atoms. The lowest BCUT2D eigenvalue weighted by atomic mass is 9.89. The lowest BCUT2D eigenvalue weighted by molar-refractivity contribution is -0.198. The molecule has 1 aliphatic rings. The van der Waals surface area contributed by atoms with E-state index in [1.807, 2.05) is 6.92 Å². The molecule has 0 aromatic carbocycles. The highest BCUT2D eigenvalue weighted by atomic mass is 19.4. The van der Waals surface area contributed by atoms with Crippen molar-refractivity contribution in [2.45, 2.75) is 31.5 Å². The number of hydrogen-bond acceptors (Lipinski definition) is 2. The Morgan fingerprint density at radius 2 is 2.08 bits per heavy atom. The number of hydrogen-bond donors (Lipinski definition) is 1. The van der Waals surface area contributed by atoms with Crippen molar-refractivity contribution < 1.29 is 13.2 Å². The molecule has 1 unspecified atom stereocenters. The number of piperidine rings is 1. The molecule has 1 fully saturated rings. The van der Waals surface area contributed by atoms with Gasteiger partial charge in [0.1, 0.15) is 5.54 Å². The van der Waals surface area contributed by atoms with Crippen LogP contribution in [0.4, 0.5) is 13.2 Å². The van der Waals surface area contributed by atoms with Crippen molar-refractivity contribution in [2.75, 3.05) is 19.6 Å². The molecule has 78 valence electrons. The van der Waals surface area contributed by atoms with E-state index in [9.17, 15) is 13.2 Å². The number of likely N-dealkylation sites (tertiary alicyclic amines) is 1. The highest BCUT2D eigenvalue weighted by Crippen LogP contribution is 2.34. The molecule has 0 aliphatic carbocycles. The van der Waals surface area contributed by atoms with Gasteiger partial charge in [0.2, 0.25) is 0 Å². The normalized spacial score (nSPS) is 32.1. The predicted octanol–water partition coefficient (Wildman–Crippen LogP) is 1.36. The standard InChI is InChI=1S/C8H15F3N2/c1-2-13-5-3-4-7(12,6-13)8(9,10)11/h2-6,12H2,1H3. The molecule has 1 rings (SSSR count). The van der Waals surface area contributed by atoms with Crippen molar-refractivity contribution in [3.05, 3.63) is 0 Å². The zero-order valence-electron chi connectivity index (χ0n) is 7.69. The van der Waals surface area contributed by atoms with Crippen molar-refractivity contribution in [2.24, 2.45) is 5.73 Å². The Bertz CT molecular complexity index is 181. The van der Waals surface area contributed by atoms with Gasteiger partial charge in [-0.15, -0.1) is 0 Å². The summed E-state index contributed by atoms with van der Waals surface area (Å²) in [6, 6.07) is 0. The molecule has 13 heavy (non-hydrogen) atoms. The van der Waals surface area contributed by atoms with Crippen molar-refractivity contribution in [3.63, 3.8) is 0 Å². The van der Waals surface area contributed by atoms with Crippen LogP contribution >= 0.6 is 0 Å². The Balaban J connectivity index is 2.68. The quantitative estimate of drug-likeness (QED) is 0.686. The van der Waals surface area contributed by atoms with Crippen LogP contribution in [-0.4, -0.2) is 36.2 Å². The fourth-order valence-corrected chi connectivity index (χ4v) is 1.68. The Morgan fingerprint density at radius 1 is 1.46 bits per heavy atom. The zero-order valence-corrected chi connectivity index (χ0v) is 7.69. The highest BCUT2D eigenvalue weighted by Gasteiger charge is 2.53. The van der Waals surface area contributed by atoms with Gasteiger partial charge in [-0.1, -0.05) is 6.92 Å². The van der Waals surface area contributed by atoms with Gasteiger partial charge in [0, 0.05) is 6.54 Å². The van der Waals surface area contributed by atoms with Gasteiger partial charge in [-0.05, 0) is 25.9 Å². The Labute approximate surface area is 75.9 Å². The molecule has 0 aromatic rings. The molecule has 1 aliphatic heterocycles. The van der Waals surface area contributed by atoms with E-state index in [4.69, 9.17) is 5.73 Å². The summed E-state index contributed by atoms with van der Waals surface area (Å²) in [5, 5.41) is 0. The minimum Gasteiger partial charge on any atom is -0.317 e. The summed E-state index contributed by atoms with van der Waals surface area (Å²) in [6.07, 6.45) is -3.70. The van der Waals surface area contributed by atoms with Crippen LogP contribution in [0.1, 0.15) is 19.8 Å². The fraction of sp³-hybridized carbons (Fsp3) is 1.00. The van der Waals surface area contributed by atoms with E-state index in [0.717, 1.165) is 6.54 Å². The average Bonchev–Trinajstić information content (AvgIpc) is 2.02. The summed E-state index contributed by atoms with van der Waals surface area (Å²) >= 11 is 0. The van der Waals surface area contributed by atoms with Gasteiger partial charge in [0.25, 0.3) is 0 Å². The smallest absolute Gasteiger partial charge is 0.317 e. The van der Waals surface area contributed by atoms with Crippen molar-refractivity contribution in [3.8, 4) is 0 Å². The van der Waals surface area contributed by atoms with E-state index in [-0.39, 0.29) is 13.0 Å². The van der Waals surface area contributed by atoms with Crippen LogP contribution in [0, 0.1) is 0 Å². The minimum absolute atomic E-state index is 0.0486. The lowest BCUT2D eigenvalue weighted by Crippen LogP contribution is -2.62. The maximum atomic E-state index is 12.5. The molecular weight excluding hydrogens is 181 g/mol. The van der Waals surface area contributed by atoms with Crippen molar-refractivity contribution in [1.82, 2.24) is 4.90 Å². The number of likely N-dealkylation sites (N-methyl/N-ethyl adjacent to an activating group) is 1. The van der Waals surface area contributed by atoms with E-state index in [0.29, 0.717) is 13.0 Å². The second kappa shape index (κ2) is 3.46. The van der Waals surface area contributed by atoms with Gasteiger partial charge in [-0.3, -0.25) is 0 Å². The first kappa shape index (κ1) is 10.8. The topological polar surface area (TPSA) is 29.3 Å². The first-order chi connectivity index (χ1) is 5.89. The predicted molar refractivity (Wildman–Crippen MR) is 44.3 cm³/mol. The lowest BCUT2D eigenvalue weighted by Gasteiger charge is -2.40.